The van der Waals surface area contributed by atoms with E-state index in [0.717, 1.165) is 11.8 Å². The van der Waals surface area contributed by atoms with Crippen molar-refractivity contribution in [1.29, 1.82) is 0 Å². The molecular weight excluding hydrogens is 294 g/mol. The average Bonchev–Trinajstić information content (AvgIpc) is 2.87. The molecule has 2 atom stereocenters. The molecule has 0 amide bonds. The van der Waals surface area contributed by atoms with Gasteiger partial charge in [0.15, 0.2) is 0 Å². The second-order valence-electron chi connectivity index (χ2n) is 5.41. The lowest BCUT2D eigenvalue weighted by atomic mass is 9.92. The van der Waals surface area contributed by atoms with Gasteiger partial charge in [0.25, 0.3) is 0 Å². The maximum absolute atomic E-state index is 3.65. The average molecular weight is 316 g/mol. The standard InChI is InChI=1S/C14H22BrNS/c1-10(2)16-9-12-5-3-4-11(12)8-14-13(15)6-7-17-14/h6-7,10-12,16H,3-5,8-9H2,1-2H3. The normalized spacial score (nSPS) is 24.7. The van der Waals surface area contributed by atoms with Gasteiger partial charge in [-0.3, -0.25) is 0 Å². The van der Waals surface area contributed by atoms with E-state index in [-0.39, 0.29) is 0 Å². The highest BCUT2D eigenvalue weighted by Crippen LogP contribution is 2.36. The Labute approximate surface area is 117 Å². The second-order valence-corrected chi connectivity index (χ2v) is 7.26. The fourth-order valence-corrected chi connectivity index (χ4v) is 4.36. The lowest BCUT2D eigenvalue weighted by Gasteiger charge is -2.21. The minimum absolute atomic E-state index is 0.615. The highest BCUT2D eigenvalue weighted by atomic mass is 79.9. The van der Waals surface area contributed by atoms with Crippen molar-refractivity contribution in [2.75, 3.05) is 6.54 Å². The summed E-state index contributed by atoms with van der Waals surface area (Å²) in [5, 5.41) is 5.79. The van der Waals surface area contributed by atoms with Gasteiger partial charge < -0.3 is 5.32 Å². The van der Waals surface area contributed by atoms with Crippen LogP contribution in [-0.2, 0) is 6.42 Å². The molecule has 3 heteroatoms. The van der Waals surface area contributed by atoms with Crippen molar-refractivity contribution in [3.8, 4) is 0 Å². The van der Waals surface area contributed by atoms with E-state index in [0.29, 0.717) is 6.04 Å². The SMILES string of the molecule is CC(C)NCC1CCCC1Cc1sccc1Br. The van der Waals surface area contributed by atoms with Crippen LogP contribution in [0.4, 0.5) is 0 Å². The molecule has 2 rings (SSSR count). The second kappa shape index (κ2) is 6.35. The first-order chi connectivity index (χ1) is 8.16. The van der Waals surface area contributed by atoms with Crippen LogP contribution < -0.4 is 5.32 Å². The first-order valence-electron chi connectivity index (χ1n) is 6.62. The first kappa shape index (κ1) is 13.6. The zero-order valence-electron chi connectivity index (χ0n) is 10.7. The number of halogens is 1. The minimum Gasteiger partial charge on any atom is -0.314 e. The van der Waals surface area contributed by atoms with Crippen LogP contribution in [0.3, 0.4) is 0 Å². The van der Waals surface area contributed by atoms with Crippen molar-refractivity contribution in [2.45, 2.75) is 45.6 Å². The maximum atomic E-state index is 3.65. The van der Waals surface area contributed by atoms with E-state index >= 15 is 0 Å². The smallest absolute Gasteiger partial charge is 0.0314 e. The molecule has 1 heterocycles. The van der Waals surface area contributed by atoms with Crippen LogP contribution in [0.2, 0.25) is 0 Å². The van der Waals surface area contributed by atoms with Crippen LogP contribution in [0.15, 0.2) is 15.9 Å². The summed E-state index contributed by atoms with van der Waals surface area (Å²) in [5.74, 6) is 1.77. The molecule has 1 fully saturated rings. The molecule has 1 aromatic rings. The summed E-state index contributed by atoms with van der Waals surface area (Å²) in [6.45, 7) is 5.67. The molecule has 96 valence electrons. The van der Waals surface area contributed by atoms with Crippen LogP contribution >= 0.6 is 27.3 Å². The van der Waals surface area contributed by atoms with E-state index in [9.17, 15) is 0 Å². The molecular formula is C14H22BrNS. The van der Waals surface area contributed by atoms with Gasteiger partial charge in [0, 0.05) is 15.4 Å². The number of thiophene rings is 1. The van der Waals surface area contributed by atoms with Crippen molar-refractivity contribution in [3.05, 3.63) is 20.8 Å². The lowest BCUT2D eigenvalue weighted by Crippen LogP contribution is -2.31. The quantitative estimate of drug-likeness (QED) is 0.845. The molecule has 0 spiro atoms. The fraction of sp³-hybridized carbons (Fsp3) is 0.714. The van der Waals surface area contributed by atoms with Crippen molar-refractivity contribution in [1.82, 2.24) is 5.32 Å². The van der Waals surface area contributed by atoms with Crippen molar-refractivity contribution >= 4 is 27.3 Å². The van der Waals surface area contributed by atoms with Crippen LogP contribution in [0.1, 0.15) is 38.0 Å². The Morgan fingerprint density at radius 1 is 1.41 bits per heavy atom. The van der Waals surface area contributed by atoms with Gasteiger partial charge in [-0.25, -0.2) is 0 Å². The van der Waals surface area contributed by atoms with Crippen LogP contribution in [-0.4, -0.2) is 12.6 Å². The molecule has 0 bridgehead atoms. The molecule has 0 radical (unpaired) electrons. The summed E-state index contributed by atoms with van der Waals surface area (Å²) < 4.78 is 1.31. The summed E-state index contributed by atoms with van der Waals surface area (Å²) in [6, 6.07) is 2.79. The summed E-state index contributed by atoms with van der Waals surface area (Å²) in [5.41, 5.74) is 0. The third kappa shape index (κ3) is 3.80. The summed E-state index contributed by atoms with van der Waals surface area (Å²) >= 11 is 5.55. The molecule has 0 aliphatic heterocycles. The molecule has 2 unspecified atom stereocenters. The number of hydrogen-bond donors (Lipinski definition) is 1. The van der Waals surface area contributed by atoms with Gasteiger partial charge in [-0.1, -0.05) is 20.3 Å². The van der Waals surface area contributed by atoms with Gasteiger partial charge in [-0.2, -0.15) is 0 Å². The molecule has 1 saturated carbocycles. The van der Waals surface area contributed by atoms with Crippen molar-refractivity contribution < 1.29 is 0 Å². The Morgan fingerprint density at radius 2 is 2.18 bits per heavy atom. The Morgan fingerprint density at radius 3 is 2.82 bits per heavy atom. The predicted octanol–water partition coefficient (Wildman–Crippen LogP) is 4.47. The number of hydrogen-bond acceptors (Lipinski definition) is 2. The highest BCUT2D eigenvalue weighted by Gasteiger charge is 2.27. The molecule has 0 aromatic carbocycles. The Bertz CT molecular complexity index is 348. The Balaban J connectivity index is 1.89. The fourth-order valence-electron chi connectivity index (χ4n) is 2.75. The Kier molecular flexibility index (Phi) is 5.07. The van der Waals surface area contributed by atoms with E-state index in [2.05, 4.69) is 46.5 Å². The van der Waals surface area contributed by atoms with Crippen LogP contribution in [0.5, 0.6) is 0 Å². The summed E-state index contributed by atoms with van der Waals surface area (Å²) in [6.07, 6.45) is 5.50. The van der Waals surface area contributed by atoms with Gasteiger partial charge >= 0.3 is 0 Å². The maximum Gasteiger partial charge on any atom is 0.0314 e. The van der Waals surface area contributed by atoms with Crippen molar-refractivity contribution in [2.24, 2.45) is 11.8 Å². The summed E-state index contributed by atoms with van der Waals surface area (Å²) in [7, 11) is 0. The van der Waals surface area contributed by atoms with E-state index in [1.165, 1.54) is 41.6 Å². The molecule has 1 nitrogen and oxygen atoms in total. The monoisotopic (exact) mass is 315 g/mol. The van der Waals surface area contributed by atoms with Crippen LogP contribution in [0.25, 0.3) is 0 Å². The highest BCUT2D eigenvalue weighted by molar-refractivity contribution is 9.10. The van der Waals surface area contributed by atoms with Crippen molar-refractivity contribution in [3.63, 3.8) is 0 Å². The molecule has 1 aromatic heterocycles. The zero-order chi connectivity index (χ0) is 12.3. The largest absolute Gasteiger partial charge is 0.314 e. The van der Waals surface area contributed by atoms with E-state index < -0.39 is 0 Å². The minimum atomic E-state index is 0.615. The molecule has 1 aliphatic carbocycles. The van der Waals surface area contributed by atoms with Gasteiger partial charge in [0.05, 0.1) is 0 Å². The molecule has 17 heavy (non-hydrogen) atoms. The topological polar surface area (TPSA) is 12.0 Å². The van der Waals surface area contributed by atoms with Gasteiger partial charge in [-0.05, 0) is 65.0 Å². The first-order valence-corrected chi connectivity index (χ1v) is 8.29. The van der Waals surface area contributed by atoms with E-state index in [1.807, 2.05) is 11.3 Å². The number of rotatable bonds is 5. The molecule has 0 saturated heterocycles. The lowest BCUT2D eigenvalue weighted by molar-refractivity contribution is 0.355. The zero-order valence-corrected chi connectivity index (χ0v) is 13.1. The third-order valence-electron chi connectivity index (χ3n) is 3.74. The van der Waals surface area contributed by atoms with Gasteiger partial charge in [-0.15, -0.1) is 11.3 Å². The van der Waals surface area contributed by atoms with Crippen LogP contribution in [0, 0.1) is 11.8 Å². The Hall–Kier alpha value is 0.140. The van der Waals surface area contributed by atoms with Gasteiger partial charge in [0.1, 0.15) is 0 Å². The third-order valence-corrected chi connectivity index (χ3v) is 5.69. The molecule has 1 N–H and O–H groups in total. The predicted molar refractivity (Wildman–Crippen MR) is 79.7 cm³/mol. The van der Waals surface area contributed by atoms with E-state index in [1.54, 1.807) is 0 Å². The van der Waals surface area contributed by atoms with Gasteiger partial charge in [0.2, 0.25) is 0 Å². The summed E-state index contributed by atoms with van der Waals surface area (Å²) in [4.78, 5) is 1.53. The molecule has 1 aliphatic rings. The van der Waals surface area contributed by atoms with E-state index in [4.69, 9.17) is 0 Å². The number of nitrogens with one attached hydrogen (secondary N) is 1.